The lowest BCUT2D eigenvalue weighted by Crippen LogP contribution is -2.00. The van der Waals surface area contributed by atoms with E-state index in [9.17, 15) is 0 Å². The van der Waals surface area contributed by atoms with E-state index in [1.165, 1.54) is 0 Å². The highest BCUT2D eigenvalue weighted by molar-refractivity contribution is 6.30. The van der Waals surface area contributed by atoms with Gasteiger partial charge in [0, 0.05) is 5.02 Å². The van der Waals surface area contributed by atoms with Crippen LogP contribution < -0.4 is 0 Å². The number of rotatable bonds is 5. The van der Waals surface area contributed by atoms with Gasteiger partial charge in [0.15, 0.2) is 0 Å². The Kier molecular flexibility index (Phi) is 4.91. The Hall–Kier alpha value is -1.28. The van der Waals surface area contributed by atoms with E-state index < -0.39 is 0 Å². The zero-order valence-corrected chi connectivity index (χ0v) is 9.50. The minimum absolute atomic E-state index is 0.722. The van der Waals surface area contributed by atoms with Crippen molar-refractivity contribution in [1.82, 2.24) is 0 Å². The Labute approximate surface area is 95.2 Å². The van der Waals surface area contributed by atoms with Crippen LogP contribution in [-0.2, 0) is 4.84 Å². The predicted octanol–water partition coefficient (Wildman–Crippen LogP) is 3.66. The monoisotopic (exact) mass is 223 g/mol. The molecule has 1 aromatic carbocycles. The van der Waals surface area contributed by atoms with E-state index in [1.54, 1.807) is 7.11 Å². The summed E-state index contributed by atoms with van der Waals surface area (Å²) >= 11 is 5.81. The highest BCUT2D eigenvalue weighted by Gasteiger charge is 2.03. The summed E-state index contributed by atoms with van der Waals surface area (Å²) in [7, 11) is 1.55. The van der Waals surface area contributed by atoms with Crippen LogP contribution in [0.1, 0.15) is 18.4 Å². The molecule has 0 spiro atoms. The third kappa shape index (κ3) is 3.76. The molecule has 0 N–H and O–H groups in total. The molecule has 0 aliphatic carbocycles. The first-order valence-corrected chi connectivity index (χ1v) is 5.12. The van der Waals surface area contributed by atoms with Crippen molar-refractivity contribution in [2.24, 2.45) is 5.16 Å². The maximum absolute atomic E-state index is 5.81. The molecule has 0 atom stereocenters. The van der Waals surface area contributed by atoms with Gasteiger partial charge < -0.3 is 4.84 Å². The van der Waals surface area contributed by atoms with Gasteiger partial charge in [0.1, 0.15) is 7.11 Å². The summed E-state index contributed by atoms with van der Waals surface area (Å²) < 4.78 is 0. The van der Waals surface area contributed by atoms with Crippen molar-refractivity contribution in [3.8, 4) is 0 Å². The molecule has 0 unspecified atom stereocenters. The molecule has 0 aromatic heterocycles. The number of hydrogen-bond donors (Lipinski definition) is 0. The lowest BCUT2D eigenvalue weighted by molar-refractivity contribution is 0.213. The number of oxime groups is 1. The van der Waals surface area contributed by atoms with E-state index in [0.717, 1.165) is 29.1 Å². The first-order chi connectivity index (χ1) is 7.27. The Morgan fingerprint density at radius 2 is 2.13 bits per heavy atom. The molecule has 0 aliphatic heterocycles. The predicted molar refractivity (Wildman–Crippen MR) is 64.4 cm³/mol. The Balaban J connectivity index is 2.84. The van der Waals surface area contributed by atoms with Crippen LogP contribution in [-0.4, -0.2) is 12.8 Å². The van der Waals surface area contributed by atoms with Gasteiger partial charge in [-0.3, -0.25) is 0 Å². The standard InChI is InChI=1S/C12H14ClNO/c1-3-4-5-12(14-15-2)10-6-8-11(13)9-7-10/h3,6-9H,1,4-5H2,2H3. The van der Waals surface area contributed by atoms with Gasteiger partial charge >= 0.3 is 0 Å². The number of nitrogens with zero attached hydrogens (tertiary/aromatic N) is 1. The minimum Gasteiger partial charge on any atom is -0.399 e. The molecule has 1 rings (SSSR count). The summed E-state index contributed by atoms with van der Waals surface area (Å²) in [5.41, 5.74) is 1.94. The number of hydrogen-bond acceptors (Lipinski definition) is 2. The fourth-order valence-electron chi connectivity index (χ4n) is 1.23. The summed E-state index contributed by atoms with van der Waals surface area (Å²) in [5.74, 6) is 0. The first kappa shape index (κ1) is 11.8. The fourth-order valence-corrected chi connectivity index (χ4v) is 1.36. The second-order valence-corrected chi connectivity index (χ2v) is 3.49. The van der Waals surface area contributed by atoms with Crippen molar-refractivity contribution >= 4 is 17.3 Å². The molecular formula is C12H14ClNO. The van der Waals surface area contributed by atoms with E-state index in [2.05, 4.69) is 11.7 Å². The second kappa shape index (κ2) is 6.25. The maximum Gasteiger partial charge on any atom is 0.106 e. The van der Waals surface area contributed by atoms with Gasteiger partial charge in [0.2, 0.25) is 0 Å². The van der Waals surface area contributed by atoms with Gasteiger partial charge in [-0.15, -0.1) is 6.58 Å². The maximum atomic E-state index is 5.81. The van der Waals surface area contributed by atoms with E-state index in [0.29, 0.717) is 0 Å². The molecule has 0 saturated carbocycles. The van der Waals surface area contributed by atoms with Crippen molar-refractivity contribution in [1.29, 1.82) is 0 Å². The normalized spacial score (nSPS) is 11.2. The van der Waals surface area contributed by atoms with Crippen molar-refractivity contribution in [3.63, 3.8) is 0 Å². The van der Waals surface area contributed by atoms with Crippen LogP contribution in [0.4, 0.5) is 0 Å². The molecule has 3 heteroatoms. The van der Waals surface area contributed by atoms with Crippen LogP contribution in [0.15, 0.2) is 42.1 Å². The lowest BCUT2D eigenvalue weighted by atomic mass is 10.1. The van der Waals surface area contributed by atoms with Crippen LogP contribution in [0.5, 0.6) is 0 Å². The molecule has 0 amide bonds. The number of halogens is 1. The molecule has 0 bridgehead atoms. The highest BCUT2D eigenvalue weighted by Crippen LogP contribution is 2.13. The molecular weight excluding hydrogens is 210 g/mol. The fraction of sp³-hybridized carbons (Fsp3) is 0.250. The molecule has 0 saturated heterocycles. The molecule has 80 valence electrons. The quantitative estimate of drug-likeness (QED) is 0.424. The number of benzene rings is 1. The van der Waals surface area contributed by atoms with Gasteiger partial charge in [-0.25, -0.2) is 0 Å². The average molecular weight is 224 g/mol. The van der Waals surface area contributed by atoms with E-state index >= 15 is 0 Å². The molecule has 0 radical (unpaired) electrons. The van der Waals surface area contributed by atoms with Crippen LogP contribution >= 0.6 is 11.6 Å². The van der Waals surface area contributed by atoms with Gasteiger partial charge in [-0.1, -0.05) is 35.0 Å². The molecule has 0 fully saturated rings. The third-order valence-electron chi connectivity index (χ3n) is 1.96. The smallest absolute Gasteiger partial charge is 0.106 e. The van der Waals surface area contributed by atoms with Gasteiger partial charge in [-0.2, -0.15) is 0 Å². The second-order valence-electron chi connectivity index (χ2n) is 3.05. The van der Waals surface area contributed by atoms with Crippen LogP contribution in [0.2, 0.25) is 5.02 Å². The minimum atomic E-state index is 0.722. The summed E-state index contributed by atoms with van der Waals surface area (Å²) in [5, 5.41) is 4.71. The Bertz CT molecular complexity index is 343. The molecule has 0 heterocycles. The van der Waals surface area contributed by atoms with Crippen molar-refractivity contribution < 1.29 is 4.84 Å². The first-order valence-electron chi connectivity index (χ1n) is 4.74. The molecule has 0 aliphatic rings. The third-order valence-corrected chi connectivity index (χ3v) is 2.22. The highest BCUT2D eigenvalue weighted by atomic mass is 35.5. The summed E-state index contributed by atoms with van der Waals surface area (Å²) in [6, 6.07) is 7.55. The zero-order valence-electron chi connectivity index (χ0n) is 8.74. The molecule has 15 heavy (non-hydrogen) atoms. The van der Waals surface area contributed by atoms with Crippen LogP contribution in [0.25, 0.3) is 0 Å². The van der Waals surface area contributed by atoms with E-state index in [1.807, 2.05) is 30.3 Å². The van der Waals surface area contributed by atoms with Gasteiger partial charge in [0.05, 0.1) is 5.71 Å². The number of allylic oxidation sites excluding steroid dienone is 1. The van der Waals surface area contributed by atoms with Gasteiger partial charge in [0.25, 0.3) is 0 Å². The average Bonchev–Trinajstić information content (AvgIpc) is 2.25. The zero-order chi connectivity index (χ0) is 11.1. The summed E-state index contributed by atoms with van der Waals surface area (Å²) in [4.78, 5) is 4.81. The van der Waals surface area contributed by atoms with Crippen molar-refractivity contribution in [2.75, 3.05) is 7.11 Å². The topological polar surface area (TPSA) is 21.6 Å². The largest absolute Gasteiger partial charge is 0.399 e. The molecule has 1 aromatic rings. The van der Waals surface area contributed by atoms with Crippen molar-refractivity contribution in [3.05, 3.63) is 47.5 Å². The molecule has 2 nitrogen and oxygen atoms in total. The van der Waals surface area contributed by atoms with E-state index in [-0.39, 0.29) is 0 Å². The van der Waals surface area contributed by atoms with E-state index in [4.69, 9.17) is 16.4 Å². The lowest BCUT2D eigenvalue weighted by Gasteiger charge is -2.04. The SMILES string of the molecule is C=CCCC(=NOC)c1ccc(Cl)cc1. The van der Waals surface area contributed by atoms with Crippen LogP contribution in [0.3, 0.4) is 0 Å². The Morgan fingerprint density at radius 3 is 2.67 bits per heavy atom. The van der Waals surface area contributed by atoms with Crippen molar-refractivity contribution in [2.45, 2.75) is 12.8 Å². The summed E-state index contributed by atoms with van der Waals surface area (Å²) in [6.45, 7) is 3.68. The summed E-state index contributed by atoms with van der Waals surface area (Å²) in [6.07, 6.45) is 3.56. The van der Waals surface area contributed by atoms with Crippen LogP contribution in [0, 0.1) is 0 Å². The van der Waals surface area contributed by atoms with Gasteiger partial charge in [-0.05, 0) is 30.5 Å². The Morgan fingerprint density at radius 1 is 1.47 bits per heavy atom.